The number of halogens is 1. The summed E-state index contributed by atoms with van der Waals surface area (Å²) in [5.74, 6) is -0.464. The maximum absolute atomic E-state index is 13.2. The van der Waals surface area contributed by atoms with Crippen LogP contribution in [-0.2, 0) is 9.59 Å². The van der Waals surface area contributed by atoms with Crippen molar-refractivity contribution in [1.29, 1.82) is 0 Å². The fourth-order valence-corrected chi connectivity index (χ4v) is 4.48. The van der Waals surface area contributed by atoms with Crippen LogP contribution >= 0.6 is 11.3 Å². The van der Waals surface area contributed by atoms with E-state index in [0.29, 0.717) is 25.3 Å². The lowest BCUT2D eigenvalue weighted by molar-refractivity contribution is -0.133. The van der Waals surface area contributed by atoms with E-state index in [2.05, 4.69) is 16.0 Å². The van der Waals surface area contributed by atoms with Crippen molar-refractivity contribution in [3.05, 3.63) is 52.5 Å². The lowest BCUT2D eigenvalue weighted by atomic mass is 9.97. The first-order valence-corrected chi connectivity index (χ1v) is 11.2. The minimum Gasteiger partial charge on any atom is -0.348 e. The van der Waals surface area contributed by atoms with E-state index in [1.807, 2.05) is 22.4 Å². The van der Waals surface area contributed by atoms with Crippen molar-refractivity contribution in [2.45, 2.75) is 32.2 Å². The van der Waals surface area contributed by atoms with E-state index in [4.69, 9.17) is 0 Å². The van der Waals surface area contributed by atoms with Gasteiger partial charge in [-0.25, -0.2) is 9.18 Å². The van der Waals surface area contributed by atoms with Crippen LogP contribution in [0, 0.1) is 11.7 Å². The number of hydrogen-bond donors (Lipinski definition) is 3. The van der Waals surface area contributed by atoms with Crippen LogP contribution < -0.4 is 16.0 Å². The van der Waals surface area contributed by atoms with Crippen LogP contribution in [0.3, 0.4) is 0 Å². The summed E-state index contributed by atoms with van der Waals surface area (Å²) in [6.07, 6.45) is 1.97. The Labute approximate surface area is 185 Å². The van der Waals surface area contributed by atoms with E-state index in [-0.39, 0.29) is 30.2 Å². The van der Waals surface area contributed by atoms with E-state index in [1.54, 1.807) is 6.07 Å². The Morgan fingerprint density at radius 2 is 2.10 bits per heavy atom. The van der Waals surface area contributed by atoms with Gasteiger partial charge in [0.2, 0.25) is 11.8 Å². The Kier molecular flexibility index (Phi) is 8.00. The van der Waals surface area contributed by atoms with Crippen LogP contribution in [0.25, 0.3) is 0 Å². The van der Waals surface area contributed by atoms with Crippen molar-refractivity contribution in [2.24, 2.45) is 5.92 Å². The summed E-state index contributed by atoms with van der Waals surface area (Å²) in [4.78, 5) is 39.3. The molecule has 9 heteroatoms. The largest absolute Gasteiger partial charge is 0.348 e. The van der Waals surface area contributed by atoms with Gasteiger partial charge in [-0.15, -0.1) is 11.3 Å². The van der Waals surface area contributed by atoms with Gasteiger partial charge in [0.15, 0.2) is 0 Å². The number of benzene rings is 1. The third-order valence-corrected chi connectivity index (χ3v) is 6.13. The van der Waals surface area contributed by atoms with Gasteiger partial charge < -0.3 is 20.9 Å². The highest BCUT2D eigenvalue weighted by atomic mass is 32.1. The van der Waals surface area contributed by atoms with Crippen LogP contribution in [0.4, 0.5) is 14.9 Å². The van der Waals surface area contributed by atoms with Gasteiger partial charge in [-0.2, -0.15) is 0 Å². The Bertz CT molecular complexity index is 906. The molecule has 0 saturated carbocycles. The summed E-state index contributed by atoms with van der Waals surface area (Å²) in [5.41, 5.74) is 0.385. The molecule has 1 saturated heterocycles. The zero-order chi connectivity index (χ0) is 22.2. The van der Waals surface area contributed by atoms with Gasteiger partial charge in [-0.3, -0.25) is 9.59 Å². The van der Waals surface area contributed by atoms with Gasteiger partial charge in [0.25, 0.3) is 0 Å². The normalized spacial score (nSPS) is 17.0. The molecule has 31 heavy (non-hydrogen) atoms. The molecule has 0 aliphatic carbocycles. The Balaban J connectivity index is 1.49. The molecule has 2 unspecified atom stereocenters. The molecule has 2 aromatic rings. The van der Waals surface area contributed by atoms with Gasteiger partial charge in [0.1, 0.15) is 5.82 Å². The summed E-state index contributed by atoms with van der Waals surface area (Å²) in [7, 11) is 0. The molecule has 166 valence electrons. The van der Waals surface area contributed by atoms with Crippen LogP contribution in [0.15, 0.2) is 41.8 Å². The second-order valence-electron chi connectivity index (χ2n) is 7.67. The smallest absolute Gasteiger partial charge is 0.319 e. The van der Waals surface area contributed by atoms with Gasteiger partial charge >= 0.3 is 6.03 Å². The molecule has 2 atom stereocenters. The quantitative estimate of drug-likeness (QED) is 0.608. The predicted molar refractivity (Wildman–Crippen MR) is 118 cm³/mol. The Hall–Kier alpha value is -2.94. The molecular formula is C22H27FN4O3S. The Morgan fingerprint density at radius 1 is 1.26 bits per heavy atom. The molecule has 0 bridgehead atoms. The second-order valence-corrected chi connectivity index (χ2v) is 8.65. The lowest BCUT2D eigenvalue weighted by Crippen LogP contribution is -2.45. The first kappa shape index (κ1) is 22.7. The van der Waals surface area contributed by atoms with Gasteiger partial charge in [0, 0.05) is 37.1 Å². The number of rotatable bonds is 7. The number of likely N-dealkylation sites (tertiary alicyclic amines) is 1. The molecule has 1 aromatic heterocycles. The van der Waals surface area contributed by atoms with E-state index in [9.17, 15) is 18.8 Å². The molecule has 2 heterocycles. The van der Waals surface area contributed by atoms with Crippen LogP contribution in [-0.4, -0.2) is 42.4 Å². The maximum Gasteiger partial charge on any atom is 0.319 e. The molecule has 3 rings (SSSR count). The number of piperidine rings is 1. The molecule has 4 amide bonds. The maximum atomic E-state index is 13.2. The number of hydrogen-bond acceptors (Lipinski definition) is 4. The van der Waals surface area contributed by atoms with Gasteiger partial charge in [-0.1, -0.05) is 12.1 Å². The van der Waals surface area contributed by atoms with Crippen LogP contribution in [0.1, 0.15) is 37.1 Å². The average Bonchev–Trinajstić information content (AvgIpc) is 3.26. The molecule has 1 aliphatic heterocycles. The summed E-state index contributed by atoms with van der Waals surface area (Å²) in [5, 5.41) is 10.2. The number of amides is 4. The number of nitrogens with one attached hydrogen (secondary N) is 3. The first-order valence-electron chi connectivity index (χ1n) is 10.3. The number of thiophene rings is 1. The van der Waals surface area contributed by atoms with E-state index in [1.165, 1.54) is 36.5 Å². The number of nitrogens with zero attached hydrogens (tertiary/aromatic N) is 1. The highest BCUT2D eigenvalue weighted by molar-refractivity contribution is 7.10. The predicted octanol–water partition coefficient (Wildman–Crippen LogP) is 3.51. The van der Waals surface area contributed by atoms with Crippen molar-refractivity contribution in [2.75, 3.05) is 25.0 Å². The van der Waals surface area contributed by atoms with Crippen molar-refractivity contribution in [3.8, 4) is 0 Å². The van der Waals surface area contributed by atoms with E-state index in [0.717, 1.165) is 17.7 Å². The number of carbonyl (C=O) groups excluding carboxylic acids is 3. The van der Waals surface area contributed by atoms with Crippen molar-refractivity contribution < 1.29 is 18.8 Å². The minimum absolute atomic E-state index is 0.0129. The third kappa shape index (κ3) is 7.06. The van der Waals surface area contributed by atoms with Crippen LogP contribution in [0.2, 0.25) is 0 Å². The first-order chi connectivity index (χ1) is 14.9. The number of anilines is 1. The molecule has 0 spiro atoms. The molecule has 0 radical (unpaired) electrons. The van der Waals surface area contributed by atoms with Gasteiger partial charge in [0.05, 0.1) is 12.5 Å². The highest BCUT2D eigenvalue weighted by Gasteiger charge is 2.27. The third-order valence-electron chi connectivity index (χ3n) is 5.15. The molecule has 1 aliphatic rings. The molecular weight excluding hydrogens is 419 g/mol. The summed E-state index contributed by atoms with van der Waals surface area (Å²) >= 11 is 1.51. The SMILES string of the molecule is CC(=O)NC(CC(=O)N1CCCC(CNC(=O)Nc2cccc(F)c2)C1)c1cccs1. The molecule has 3 N–H and O–H groups in total. The van der Waals surface area contributed by atoms with Crippen LogP contribution in [0.5, 0.6) is 0 Å². The fraction of sp³-hybridized carbons (Fsp3) is 0.409. The number of carbonyl (C=O) groups is 3. The monoisotopic (exact) mass is 446 g/mol. The molecule has 7 nitrogen and oxygen atoms in total. The molecule has 1 aromatic carbocycles. The van der Waals surface area contributed by atoms with Crippen molar-refractivity contribution in [1.82, 2.24) is 15.5 Å². The van der Waals surface area contributed by atoms with Crippen molar-refractivity contribution >= 4 is 34.9 Å². The van der Waals surface area contributed by atoms with E-state index < -0.39 is 11.8 Å². The summed E-state index contributed by atoms with van der Waals surface area (Å²) in [6, 6.07) is 8.78. The second kappa shape index (κ2) is 10.9. The summed E-state index contributed by atoms with van der Waals surface area (Å²) in [6.45, 7) is 3.09. The topological polar surface area (TPSA) is 90.5 Å². The zero-order valence-corrected chi connectivity index (χ0v) is 18.2. The molecule has 1 fully saturated rings. The van der Waals surface area contributed by atoms with E-state index >= 15 is 0 Å². The van der Waals surface area contributed by atoms with Gasteiger partial charge in [-0.05, 0) is 48.4 Å². The Morgan fingerprint density at radius 3 is 2.81 bits per heavy atom. The zero-order valence-electron chi connectivity index (χ0n) is 17.4. The van der Waals surface area contributed by atoms with Crippen molar-refractivity contribution in [3.63, 3.8) is 0 Å². The average molecular weight is 447 g/mol. The highest BCUT2D eigenvalue weighted by Crippen LogP contribution is 2.24. The fourth-order valence-electron chi connectivity index (χ4n) is 3.70. The number of urea groups is 1. The lowest BCUT2D eigenvalue weighted by Gasteiger charge is -2.33. The standard InChI is InChI=1S/C22H27FN4O3S/c1-15(28)25-19(20-8-4-10-31-20)12-21(29)27-9-3-5-16(14-27)13-24-22(30)26-18-7-2-6-17(23)11-18/h2,4,6-8,10-11,16,19H,3,5,9,12-14H2,1H3,(H,25,28)(H2,24,26,30). The minimum atomic E-state index is -0.417. The summed E-state index contributed by atoms with van der Waals surface area (Å²) < 4.78 is 13.2.